The number of piperidine rings is 1. The number of phenols is 1. The van der Waals surface area contributed by atoms with Gasteiger partial charge in [-0.1, -0.05) is 0 Å². The van der Waals surface area contributed by atoms with E-state index < -0.39 is 0 Å². The van der Waals surface area contributed by atoms with E-state index in [1.807, 2.05) is 36.5 Å². The van der Waals surface area contributed by atoms with Gasteiger partial charge in [0.2, 0.25) is 0 Å². The molecule has 0 amide bonds. The number of phenolic OH excluding ortho intramolecular Hbond substituents is 1. The maximum atomic E-state index is 10.5. The zero-order valence-corrected chi connectivity index (χ0v) is 18.3. The second-order valence-corrected chi connectivity index (χ2v) is 9.39. The summed E-state index contributed by atoms with van der Waals surface area (Å²) in [4.78, 5) is 2.46. The number of hydrogen-bond donors (Lipinski definition) is 2. The molecule has 0 spiro atoms. The summed E-state index contributed by atoms with van der Waals surface area (Å²) < 4.78 is 1.70. The van der Waals surface area contributed by atoms with E-state index in [-0.39, 0.29) is 16.8 Å². The Balaban J connectivity index is 1.50. The Morgan fingerprint density at radius 1 is 1.03 bits per heavy atom. The molecule has 0 radical (unpaired) electrons. The van der Waals surface area contributed by atoms with Crippen LogP contribution in [-0.4, -0.2) is 54.2 Å². The molecule has 1 aromatic carbocycles. The molecule has 0 aliphatic carbocycles. The molecule has 7 nitrogen and oxygen atoms in total. The van der Waals surface area contributed by atoms with Crippen molar-refractivity contribution < 1.29 is 5.11 Å². The van der Waals surface area contributed by atoms with Gasteiger partial charge in [0.25, 0.3) is 0 Å². The third kappa shape index (κ3) is 3.89. The lowest BCUT2D eigenvalue weighted by molar-refractivity contribution is -0.00773. The Kier molecular flexibility index (Phi) is 5.02. The van der Waals surface area contributed by atoms with Crippen molar-refractivity contribution in [3.63, 3.8) is 0 Å². The van der Waals surface area contributed by atoms with Crippen LogP contribution in [0, 0.1) is 0 Å². The van der Waals surface area contributed by atoms with Crippen molar-refractivity contribution in [2.45, 2.75) is 57.7 Å². The molecule has 3 heterocycles. The maximum Gasteiger partial charge on any atom is 0.148 e. The van der Waals surface area contributed by atoms with Gasteiger partial charge in [0.1, 0.15) is 11.6 Å². The number of nitrogens with zero attached hydrogens (tertiary/aromatic N) is 5. The van der Waals surface area contributed by atoms with Crippen molar-refractivity contribution in [3.8, 4) is 22.7 Å². The topological polar surface area (TPSA) is 79.1 Å². The molecule has 1 aliphatic heterocycles. The number of likely N-dealkylation sites (tertiary alicyclic amines) is 1. The van der Waals surface area contributed by atoms with E-state index >= 15 is 0 Å². The Labute approximate surface area is 177 Å². The number of nitrogens with one attached hydrogen (secondary N) is 1. The molecule has 30 heavy (non-hydrogen) atoms. The third-order valence-corrected chi connectivity index (χ3v) is 6.35. The molecule has 7 heteroatoms. The van der Waals surface area contributed by atoms with Gasteiger partial charge in [0.05, 0.1) is 11.4 Å². The van der Waals surface area contributed by atoms with Crippen molar-refractivity contribution in [1.29, 1.82) is 0 Å². The average molecular weight is 407 g/mol. The number of anilines is 1. The van der Waals surface area contributed by atoms with Crippen molar-refractivity contribution in [1.82, 2.24) is 24.9 Å². The summed E-state index contributed by atoms with van der Waals surface area (Å²) in [5, 5.41) is 27.0. The highest BCUT2D eigenvalue weighted by atomic mass is 16.3. The molecule has 0 unspecified atom stereocenters. The minimum absolute atomic E-state index is 0.106. The van der Waals surface area contributed by atoms with Crippen LogP contribution in [0.2, 0.25) is 0 Å². The third-order valence-electron chi connectivity index (χ3n) is 6.35. The summed E-state index contributed by atoms with van der Waals surface area (Å²) in [6.45, 7) is 9.14. The summed E-state index contributed by atoms with van der Waals surface area (Å²) in [7, 11) is 2.20. The van der Waals surface area contributed by atoms with E-state index in [0.29, 0.717) is 17.3 Å². The van der Waals surface area contributed by atoms with E-state index in [9.17, 15) is 5.11 Å². The van der Waals surface area contributed by atoms with Gasteiger partial charge in [-0.25, -0.2) is 4.68 Å². The SMILES string of the molecule is CN1C(C)(C)CC(Nc2ccc(-c3ccc(-n4cccn4)cc3O)nn2)CC1(C)C. The van der Waals surface area contributed by atoms with E-state index in [1.165, 1.54) is 0 Å². The van der Waals surface area contributed by atoms with E-state index in [1.54, 1.807) is 16.9 Å². The van der Waals surface area contributed by atoms with E-state index in [0.717, 1.165) is 24.3 Å². The predicted octanol–water partition coefficient (Wildman–Crippen LogP) is 4.10. The van der Waals surface area contributed by atoms with Crippen LogP contribution in [0.15, 0.2) is 48.8 Å². The fourth-order valence-electron chi connectivity index (χ4n) is 4.54. The summed E-state index contributed by atoms with van der Waals surface area (Å²) in [6, 6.07) is 11.4. The molecule has 1 saturated heterocycles. The zero-order valence-electron chi connectivity index (χ0n) is 18.3. The molecule has 1 fully saturated rings. The zero-order chi connectivity index (χ0) is 21.5. The molecule has 0 saturated carbocycles. The second kappa shape index (κ2) is 7.40. The summed E-state index contributed by atoms with van der Waals surface area (Å²) in [5.41, 5.74) is 2.28. The maximum absolute atomic E-state index is 10.5. The first-order valence-electron chi connectivity index (χ1n) is 10.3. The standard InChI is InChI=1S/C23H30N6O/c1-22(2)14-16(15-23(3,4)28(22)5)25-21-10-9-19(26-27-21)18-8-7-17(13-20(18)30)29-12-6-11-24-29/h6-13,16,30H,14-15H2,1-5H3,(H,25,27). The molecule has 0 atom stereocenters. The minimum Gasteiger partial charge on any atom is -0.507 e. The molecule has 2 N–H and O–H groups in total. The molecule has 2 aromatic heterocycles. The molecular weight excluding hydrogens is 376 g/mol. The van der Waals surface area contributed by atoms with Crippen LogP contribution in [-0.2, 0) is 0 Å². The fraction of sp³-hybridized carbons (Fsp3) is 0.435. The summed E-state index contributed by atoms with van der Waals surface area (Å²) >= 11 is 0. The van der Waals surface area contributed by atoms with Crippen LogP contribution >= 0.6 is 0 Å². The number of aromatic nitrogens is 4. The van der Waals surface area contributed by atoms with Gasteiger partial charge in [0.15, 0.2) is 0 Å². The highest BCUT2D eigenvalue weighted by molar-refractivity contribution is 5.68. The molecule has 3 aromatic rings. The van der Waals surface area contributed by atoms with Crippen LogP contribution in [0.5, 0.6) is 5.75 Å². The van der Waals surface area contributed by atoms with Gasteiger partial charge in [-0.05, 0) is 77.9 Å². The number of aromatic hydroxyl groups is 1. The van der Waals surface area contributed by atoms with Gasteiger partial charge >= 0.3 is 0 Å². The minimum atomic E-state index is 0.106. The van der Waals surface area contributed by atoms with Gasteiger partial charge < -0.3 is 10.4 Å². The highest BCUT2D eigenvalue weighted by Crippen LogP contribution is 2.38. The van der Waals surface area contributed by atoms with Gasteiger partial charge in [0, 0.05) is 41.1 Å². The first-order chi connectivity index (χ1) is 14.2. The van der Waals surface area contributed by atoms with Crippen molar-refractivity contribution in [3.05, 3.63) is 48.8 Å². The predicted molar refractivity (Wildman–Crippen MR) is 119 cm³/mol. The van der Waals surface area contributed by atoms with Gasteiger partial charge in [-0.3, -0.25) is 4.90 Å². The summed E-state index contributed by atoms with van der Waals surface area (Å²) in [6.07, 6.45) is 5.60. The quantitative estimate of drug-likeness (QED) is 0.679. The van der Waals surface area contributed by atoms with Crippen molar-refractivity contribution in [2.75, 3.05) is 12.4 Å². The Morgan fingerprint density at radius 2 is 1.77 bits per heavy atom. The first-order valence-corrected chi connectivity index (χ1v) is 10.3. The average Bonchev–Trinajstić information content (AvgIpc) is 3.21. The molecule has 4 rings (SSSR count). The largest absolute Gasteiger partial charge is 0.507 e. The monoisotopic (exact) mass is 406 g/mol. The second-order valence-electron chi connectivity index (χ2n) is 9.39. The normalized spacial score (nSPS) is 19.0. The van der Waals surface area contributed by atoms with E-state index in [4.69, 9.17) is 0 Å². The van der Waals surface area contributed by atoms with Crippen LogP contribution in [0.3, 0.4) is 0 Å². The van der Waals surface area contributed by atoms with Crippen LogP contribution in [0.25, 0.3) is 16.9 Å². The lowest BCUT2D eigenvalue weighted by Crippen LogP contribution is -2.61. The summed E-state index contributed by atoms with van der Waals surface area (Å²) in [5.74, 6) is 0.907. The lowest BCUT2D eigenvalue weighted by atomic mass is 9.77. The molecule has 158 valence electrons. The lowest BCUT2D eigenvalue weighted by Gasteiger charge is -2.53. The highest BCUT2D eigenvalue weighted by Gasteiger charge is 2.43. The molecular formula is C23H30N6O. The Bertz CT molecular complexity index is 993. The van der Waals surface area contributed by atoms with Crippen molar-refractivity contribution in [2.24, 2.45) is 0 Å². The molecule has 0 bridgehead atoms. The van der Waals surface area contributed by atoms with Crippen LogP contribution in [0.1, 0.15) is 40.5 Å². The first kappa shape index (κ1) is 20.3. The molecule has 1 aliphatic rings. The van der Waals surface area contributed by atoms with Crippen LogP contribution in [0.4, 0.5) is 5.82 Å². The number of hydrogen-bond acceptors (Lipinski definition) is 6. The van der Waals surface area contributed by atoms with E-state index in [2.05, 4.69) is 60.3 Å². The Hall–Kier alpha value is -2.93. The fourth-order valence-corrected chi connectivity index (χ4v) is 4.54. The Morgan fingerprint density at radius 3 is 2.33 bits per heavy atom. The smallest absolute Gasteiger partial charge is 0.148 e. The van der Waals surface area contributed by atoms with Crippen LogP contribution < -0.4 is 5.32 Å². The van der Waals surface area contributed by atoms with Gasteiger partial charge in [-0.2, -0.15) is 5.10 Å². The number of rotatable bonds is 4. The van der Waals surface area contributed by atoms with Gasteiger partial charge in [-0.15, -0.1) is 10.2 Å². The van der Waals surface area contributed by atoms with Crippen molar-refractivity contribution >= 4 is 5.82 Å². The number of benzene rings is 1.